The smallest absolute Gasteiger partial charge is 0.224 e. The number of benzene rings is 2. The highest BCUT2D eigenvalue weighted by atomic mass is 32.2. The van der Waals surface area contributed by atoms with Crippen molar-refractivity contribution in [3.05, 3.63) is 65.2 Å². The van der Waals surface area contributed by atoms with Gasteiger partial charge in [0.25, 0.3) is 0 Å². The largest absolute Gasteiger partial charge is 0.371 e. The molecule has 0 aliphatic carbocycles. The summed E-state index contributed by atoms with van der Waals surface area (Å²) in [4.78, 5) is 13.4. The molecule has 0 bridgehead atoms. The highest BCUT2D eigenvalue weighted by molar-refractivity contribution is 7.99. The van der Waals surface area contributed by atoms with Crippen LogP contribution in [0.2, 0.25) is 0 Å². The van der Waals surface area contributed by atoms with Gasteiger partial charge in [-0.3, -0.25) is 4.79 Å². The van der Waals surface area contributed by atoms with E-state index in [1.165, 1.54) is 16.0 Å². The normalized spacial score (nSPS) is 16.5. The topological polar surface area (TPSA) is 38.3 Å². The molecule has 3 rings (SSSR count). The van der Waals surface area contributed by atoms with Crippen molar-refractivity contribution in [2.45, 2.75) is 49.5 Å². The summed E-state index contributed by atoms with van der Waals surface area (Å²) >= 11 is 1.83. The number of nitrogens with one attached hydrogen (secondary N) is 1. The maximum Gasteiger partial charge on any atom is 0.224 e. The van der Waals surface area contributed by atoms with Crippen LogP contribution in [0.4, 0.5) is 0 Å². The van der Waals surface area contributed by atoms with Crippen LogP contribution >= 0.6 is 11.8 Å². The van der Waals surface area contributed by atoms with E-state index in [1.807, 2.05) is 30.0 Å². The molecule has 3 nitrogen and oxygen atoms in total. The maximum atomic E-state index is 12.2. The molecule has 0 radical (unpaired) electrons. The molecule has 1 heterocycles. The summed E-state index contributed by atoms with van der Waals surface area (Å²) < 4.78 is 5.84. The summed E-state index contributed by atoms with van der Waals surface area (Å²) in [5.41, 5.74) is 3.62. The minimum absolute atomic E-state index is 0.0479. The number of hydrogen-bond acceptors (Lipinski definition) is 3. The van der Waals surface area contributed by atoms with Gasteiger partial charge in [-0.1, -0.05) is 50.2 Å². The Morgan fingerprint density at radius 1 is 1.16 bits per heavy atom. The number of fused-ring (bicyclic) bond motifs is 1. The van der Waals surface area contributed by atoms with Crippen LogP contribution in [0.3, 0.4) is 0 Å². The van der Waals surface area contributed by atoms with Crippen molar-refractivity contribution in [1.29, 1.82) is 0 Å². The van der Waals surface area contributed by atoms with E-state index in [-0.39, 0.29) is 12.0 Å². The Morgan fingerprint density at radius 2 is 1.88 bits per heavy atom. The molecule has 1 aliphatic heterocycles. The molecule has 0 spiro atoms. The van der Waals surface area contributed by atoms with Gasteiger partial charge in [0, 0.05) is 23.1 Å². The predicted octanol–water partition coefficient (Wildman–Crippen LogP) is 3.99. The predicted molar refractivity (Wildman–Crippen MR) is 103 cm³/mol. The number of carbonyl (C=O) groups excluding carboxylic acids is 1. The molecule has 2 aromatic rings. The maximum absolute atomic E-state index is 12.2. The zero-order chi connectivity index (χ0) is 17.6. The minimum atomic E-state index is 0.0479. The van der Waals surface area contributed by atoms with Crippen molar-refractivity contribution in [3.63, 3.8) is 0 Å². The van der Waals surface area contributed by atoms with Crippen LogP contribution < -0.4 is 5.32 Å². The first-order valence-electron chi connectivity index (χ1n) is 8.81. The zero-order valence-corrected chi connectivity index (χ0v) is 15.6. The SMILES string of the molecule is CC(C)Sc1ccc(CC(=O)NCC2Cc3ccccc3CO2)cc1. The highest BCUT2D eigenvalue weighted by Gasteiger charge is 2.19. The van der Waals surface area contributed by atoms with Crippen LogP contribution in [0.25, 0.3) is 0 Å². The lowest BCUT2D eigenvalue weighted by Crippen LogP contribution is -2.37. The summed E-state index contributed by atoms with van der Waals surface area (Å²) in [6.45, 7) is 5.55. The van der Waals surface area contributed by atoms with E-state index < -0.39 is 0 Å². The van der Waals surface area contributed by atoms with Crippen molar-refractivity contribution in [3.8, 4) is 0 Å². The van der Waals surface area contributed by atoms with Gasteiger partial charge in [-0.25, -0.2) is 0 Å². The molecule has 1 atom stereocenters. The van der Waals surface area contributed by atoms with Crippen molar-refractivity contribution in [2.24, 2.45) is 0 Å². The van der Waals surface area contributed by atoms with Gasteiger partial charge in [-0.2, -0.15) is 0 Å². The van der Waals surface area contributed by atoms with Gasteiger partial charge in [0.1, 0.15) is 0 Å². The number of thioether (sulfide) groups is 1. The van der Waals surface area contributed by atoms with E-state index in [2.05, 4.69) is 49.5 Å². The van der Waals surface area contributed by atoms with Gasteiger partial charge in [0.05, 0.1) is 19.1 Å². The third-order valence-corrected chi connectivity index (χ3v) is 5.24. The van der Waals surface area contributed by atoms with Gasteiger partial charge in [0.2, 0.25) is 5.91 Å². The van der Waals surface area contributed by atoms with Crippen LogP contribution in [0.15, 0.2) is 53.4 Å². The lowest BCUT2D eigenvalue weighted by molar-refractivity contribution is -0.121. The fourth-order valence-corrected chi connectivity index (χ4v) is 3.81. The van der Waals surface area contributed by atoms with Gasteiger partial charge >= 0.3 is 0 Å². The van der Waals surface area contributed by atoms with Gasteiger partial charge in [-0.15, -0.1) is 11.8 Å². The second kappa shape index (κ2) is 8.54. The molecule has 2 aromatic carbocycles. The van der Waals surface area contributed by atoms with Crippen LogP contribution in [0.5, 0.6) is 0 Å². The Kier molecular flexibility index (Phi) is 6.16. The van der Waals surface area contributed by atoms with E-state index in [4.69, 9.17) is 4.74 Å². The molecule has 1 N–H and O–H groups in total. The monoisotopic (exact) mass is 355 g/mol. The second-order valence-corrected chi connectivity index (χ2v) is 8.35. The first-order chi connectivity index (χ1) is 12.1. The Hall–Kier alpha value is -1.78. The quantitative estimate of drug-likeness (QED) is 0.797. The molecule has 4 heteroatoms. The lowest BCUT2D eigenvalue weighted by Gasteiger charge is -2.25. The summed E-state index contributed by atoms with van der Waals surface area (Å²) in [5, 5.41) is 3.57. The molecule has 1 unspecified atom stereocenters. The van der Waals surface area contributed by atoms with Gasteiger partial charge in [0.15, 0.2) is 0 Å². The van der Waals surface area contributed by atoms with Gasteiger partial charge < -0.3 is 10.1 Å². The summed E-state index contributed by atoms with van der Waals surface area (Å²) in [6, 6.07) is 16.6. The van der Waals surface area contributed by atoms with Crippen molar-refractivity contribution >= 4 is 17.7 Å². The number of hydrogen-bond donors (Lipinski definition) is 1. The van der Waals surface area contributed by atoms with Crippen LogP contribution in [-0.2, 0) is 29.0 Å². The summed E-state index contributed by atoms with van der Waals surface area (Å²) in [6.07, 6.45) is 1.33. The van der Waals surface area contributed by atoms with E-state index in [9.17, 15) is 4.79 Å². The summed E-state index contributed by atoms with van der Waals surface area (Å²) in [7, 11) is 0. The van der Waals surface area contributed by atoms with E-state index in [0.717, 1.165) is 12.0 Å². The zero-order valence-electron chi connectivity index (χ0n) is 14.8. The average molecular weight is 356 g/mol. The molecule has 1 amide bonds. The third kappa shape index (κ3) is 5.35. The Bertz CT molecular complexity index is 712. The highest BCUT2D eigenvalue weighted by Crippen LogP contribution is 2.23. The van der Waals surface area contributed by atoms with E-state index >= 15 is 0 Å². The average Bonchev–Trinajstić information content (AvgIpc) is 2.61. The standard InChI is InChI=1S/C21H25NO2S/c1-15(2)25-20-9-7-16(8-10-20)11-21(23)22-13-19-12-17-5-3-4-6-18(17)14-24-19/h3-10,15,19H,11-14H2,1-2H3,(H,22,23). The Balaban J connectivity index is 1.45. The molecule has 132 valence electrons. The van der Waals surface area contributed by atoms with Crippen LogP contribution in [0.1, 0.15) is 30.5 Å². The molecule has 1 aliphatic rings. The molecule has 0 saturated carbocycles. The molecular formula is C21H25NO2S. The molecule has 0 aromatic heterocycles. The van der Waals surface area contributed by atoms with E-state index in [1.54, 1.807) is 0 Å². The fourth-order valence-electron chi connectivity index (χ4n) is 2.97. The van der Waals surface area contributed by atoms with Crippen LogP contribution in [-0.4, -0.2) is 23.8 Å². The number of carbonyl (C=O) groups is 1. The number of ether oxygens (including phenoxy) is 1. The first-order valence-corrected chi connectivity index (χ1v) is 9.69. The Labute approximate surface area is 154 Å². The third-order valence-electron chi connectivity index (χ3n) is 4.23. The van der Waals surface area contributed by atoms with Gasteiger partial charge in [-0.05, 0) is 28.8 Å². The molecular weight excluding hydrogens is 330 g/mol. The van der Waals surface area contributed by atoms with E-state index in [0.29, 0.717) is 24.8 Å². The van der Waals surface area contributed by atoms with Crippen molar-refractivity contribution in [1.82, 2.24) is 5.32 Å². The van der Waals surface area contributed by atoms with Crippen molar-refractivity contribution < 1.29 is 9.53 Å². The second-order valence-electron chi connectivity index (χ2n) is 6.70. The summed E-state index contributed by atoms with van der Waals surface area (Å²) in [5.74, 6) is 0.0479. The fraction of sp³-hybridized carbons (Fsp3) is 0.381. The number of amides is 1. The molecule has 0 fully saturated rings. The molecule has 0 saturated heterocycles. The Morgan fingerprint density at radius 3 is 2.60 bits per heavy atom. The number of rotatable bonds is 6. The molecule has 25 heavy (non-hydrogen) atoms. The first kappa shape index (κ1) is 18.0. The van der Waals surface area contributed by atoms with Crippen LogP contribution in [0, 0.1) is 0 Å². The lowest BCUT2D eigenvalue weighted by atomic mass is 9.99. The van der Waals surface area contributed by atoms with Crippen molar-refractivity contribution in [2.75, 3.05) is 6.54 Å². The minimum Gasteiger partial charge on any atom is -0.371 e.